The van der Waals surface area contributed by atoms with Crippen molar-refractivity contribution < 1.29 is 4.42 Å². The molecule has 0 spiro atoms. The van der Waals surface area contributed by atoms with Crippen LogP contribution in [0, 0.1) is 0 Å². The van der Waals surface area contributed by atoms with Crippen LogP contribution in [0.1, 0.15) is 5.89 Å². The van der Waals surface area contributed by atoms with E-state index in [0.717, 1.165) is 10.8 Å². The van der Waals surface area contributed by atoms with Crippen LogP contribution in [0.5, 0.6) is 0 Å². The van der Waals surface area contributed by atoms with Gasteiger partial charge in [0.2, 0.25) is 5.89 Å². The standard InChI is InChI=1S/C13H8ClNO2/c14-7-12-15-11-6-9-4-2-1-3-8(9)5-10(11)13(16)17-12/h1-6H,7H2. The Morgan fingerprint density at radius 3 is 2.59 bits per heavy atom. The lowest BCUT2D eigenvalue weighted by Crippen LogP contribution is -2.04. The first-order valence-electron chi connectivity index (χ1n) is 5.16. The number of rotatable bonds is 1. The van der Waals surface area contributed by atoms with Crippen LogP contribution in [-0.4, -0.2) is 4.98 Å². The molecule has 0 unspecified atom stereocenters. The minimum absolute atomic E-state index is 0.0952. The maximum absolute atomic E-state index is 11.7. The second kappa shape index (κ2) is 3.86. The van der Waals surface area contributed by atoms with Gasteiger partial charge in [0, 0.05) is 0 Å². The SMILES string of the molecule is O=c1oc(CCl)nc2cc3ccccc3cc12. The van der Waals surface area contributed by atoms with E-state index in [0.29, 0.717) is 10.9 Å². The molecule has 3 aromatic rings. The predicted octanol–water partition coefficient (Wildman–Crippen LogP) is 3.08. The zero-order chi connectivity index (χ0) is 11.8. The van der Waals surface area contributed by atoms with Gasteiger partial charge < -0.3 is 4.42 Å². The second-order valence-corrected chi connectivity index (χ2v) is 4.01. The Bertz CT molecular complexity index is 764. The van der Waals surface area contributed by atoms with Crippen molar-refractivity contribution >= 4 is 33.3 Å². The van der Waals surface area contributed by atoms with Crippen molar-refractivity contribution in [3.8, 4) is 0 Å². The van der Waals surface area contributed by atoms with Gasteiger partial charge in [-0.3, -0.25) is 0 Å². The second-order valence-electron chi connectivity index (χ2n) is 3.75. The molecule has 4 heteroatoms. The topological polar surface area (TPSA) is 43.1 Å². The highest BCUT2D eigenvalue weighted by Gasteiger charge is 2.06. The van der Waals surface area contributed by atoms with Crippen molar-refractivity contribution in [3.63, 3.8) is 0 Å². The quantitative estimate of drug-likeness (QED) is 0.489. The highest BCUT2D eigenvalue weighted by Crippen LogP contribution is 2.19. The highest BCUT2D eigenvalue weighted by molar-refractivity contribution is 6.16. The van der Waals surface area contributed by atoms with Crippen molar-refractivity contribution in [2.45, 2.75) is 5.88 Å². The van der Waals surface area contributed by atoms with E-state index in [1.54, 1.807) is 6.07 Å². The lowest BCUT2D eigenvalue weighted by Gasteiger charge is -2.01. The average Bonchev–Trinajstić information content (AvgIpc) is 2.36. The smallest absolute Gasteiger partial charge is 0.346 e. The molecule has 0 atom stereocenters. The summed E-state index contributed by atoms with van der Waals surface area (Å²) in [6.07, 6.45) is 0. The highest BCUT2D eigenvalue weighted by atomic mass is 35.5. The minimum Gasteiger partial charge on any atom is -0.407 e. The van der Waals surface area contributed by atoms with Gasteiger partial charge in [-0.05, 0) is 22.9 Å². The van der Waals surface area contributed by atoms with Crippen molar-refractivity contribution in [2.75, 3.05) is 0 Å². The molecule has 0 bridgehead atoms. The van der Waals surface area contributed by atoms with Gasteiger partial charge in [0.25, 0.3) is 0 Å². The molecule has 1 heterocycles. The molecule has 3 nitrogen and oxygen atoms in total. The minimum atomic E-state index is -0.392. The summed E-state index contributed by atoms with van der Waals surface area (Å²) in [6.45, 7) is 0. The molecule has 0 aliphatic carbocycles. The van der Waals surface area contributed by atoms with Crippen LogP contribution in [0.2, 0.25) is 0 Å². The molecule has 0 fully saturated rings. The zero-order valence-corrected chi connectivity index (χ0v) is 9.57. The lowest BCUT2D eigenvalue weighted by atomic mass is 10.1. The number of aromatic nitrogens is 1. The summed E-state index contributed by atoms with van der Waals surface area (Å²) < 4.78 is 4.99. The summed E-state index contributed by atoms with van der Waals surface area (Å²) in [5.74, 6) is 0.345. The first kappa shape index (κ1) is 10.3. The van der Waals surface area contributed by atoms with Gasteiger partial charge in [-0.2, -0.15) is 0 Å². The van der Waals surface area contributed by atoms with E-state index in [2.05, 4.69) is 4.98 Å². The molecule has 84 valence electrons. The summed E-state index contributed by atoms with van der Waals surface area (Å²) in [6, 6.07) is 11.5. The molecule has 1 aromatic heterocycles. The van der Waals surface area contributed by atoms with Crippen LogP contribution in [0.3, 0.4) is 0 Å². The summed E-state index contributed by atoms with van der Waals surface area (Å²) in [5.41, 5.74) is 0.229. The van der Waals surface area contributed by atoms with Crippen LogP contribution in [0.25, 0.3) is 21.7 Å². The molecule has 17 heavy (non-hydrogen) atoms. The van der Waals surface area contributed by atoms with Crippen LogP contribution in [-0.2, 0) is 5.88 Å². The Balaban J connectivity index is 2.47. The fourth-order valence-electron chi connectivity index (χ4n) is 1.86. The molecular formula is C13H8ClNO2. The predicted molar refractivity (Wildman–Crippen MR) is 67.3 cm³/mol. The van der Waals surface area contributed by atoms with E-state index in [1.807, 2.05) is 30.3 Å². The number of alkyl halides is 1. The Hall–Kier alpha value is -1.87. The molecule has 0 saturated carbocycles. The largest absolute Gasteiger partial charge is 0.407 e. The summed E-state index contributed by atoms with van der Waals surface area (Å²) in [7, 11) is 0. The van der Waals surface area contributed by atoms with Crippen molar-refractivity contribution in [1.29, 1.82) is 0 Å². The van der Waals surface area contributed by atoms with Crippen LogP contribution in [0.4, 0.5) is 0 Å². The normalized spacial score (nSPS) is 11.1. The third-order valence-corrected chi connectivity index (χ3v) is 2.88. The van der Waals surface area contributed by atoms with Crippen molar-refractivity contribution in [1.82, 2.24) is 4.98 Å². The van der Waals surface area contributed by atoms with E-state index >= 15 is 0 Å². The fourth-order valence-corrected chi connectivity index (χ4v) is 1.97. The van der Waals surface area contributed by atoms with Gasteiger partial charge in [-0.15, -0.1) is 11.6 Å². The first-order valence-corrected chi connectivity index (χ1v) is 5.70. The zero-order valence-electron chi connectivity index (χ0n) is 8.81. The third kappa shape index (κ3) is 1.68. The molecule has 0 saturated heterocycles. The number of fused-ring (bicyclic) bond motifs is 2. The summed E-state index contributed by atoms with van der Waals surface area (Å²) in [5, 5.41) is 2.52. The fraction of sp³-hybridized carbons (Fsp3) is 0.0769. The van der Waals surface area contributed by atoms with E-state index in [9.17, 15) is 4.79 Å². The third-order valence-electron chi connectivity index (χ3n) is 2.65. The molecule has 2 aromatic carbocycles. The lowest BCUT2D eigenvalue weighted by molar-refractivity contribution is 0.462. The maximum atomic E-state index is 11.7. The van der Waals surface area contributed by atoms with Gasteiger partial charge in [-0.25, -0.2) is 9.78 Å². The molecule has 3 rings (SSSR count). The molecule has 0 amide bonds. The average molecular weight is 246 g/mol. The van der Waals surface area contributed by atoms with Gasteiger partial charge in [0.15, 0.2) is 0 Å². The number of hydrogen-bond donors (Lipinski definition) is 0. The van der Waals surface area contributed by atoms with E-state index in [-0.39, 0.29) is 11.8 Å². The van der Waals surface area contributed by atoms with E-state index < -0.39 is 5.63 Å². The summed E-state index contributed by atoms with van der Waals surface area (Å²) in [4.78, 5) is 15.9. The Morgan fingerprint density at radius 2 is 1.88 bits per heavy atom. The molecule has 0 radical (unpaired) electrons. The molecule has 0 aliphatic heterocycles. The Morgan fingerprint density at radius 1 is 1.18 bits per heavy atom. The Kier molecular flexibility index (Phi) is 2.34. The van der Waals surface area contributed by atoms with Crippen molar-refractivity contribution in [2.24, 2.45) is 0 Å². The van der Waals surface area contributed by atoms with E-state index in [1.165, 1.54) is 0 Å². The van der Waals surface area contributed by atoms with Crippen LogP contribution >= 0.6 is 11.6 Å². The van der Waals surface area contributed by atoms with Gasteiger partial charge in [0.05, 0.1) is 16.8 Å². The Labute approximate surface area is 102 Å². The van der Waals surface area contributed by atoms with Crippen LogP contribution < -0.4 is 5.63 Å². The number of halogens is 1. The van der Waals surface area contributed by atoms with Crippen molar-refractivity contribution in [3.05, 3.63) is 52.7 Å². The van der Waals surface area contributed by atoms with Crippen LogP contribution in [0.15, 0.2) is 45.6 Å². The summed E-state index contributed by atoms with van der Waals surface area (Å²) >= 11 is 5.62. The first-order chi connectivity index (χ1) is 8.28. The maximum Gasteiger partial charge on any atom is 0.346 e. The van der Waals surface area contributed by atoms with Gasteiger partial charge >= 0.3 is 5.63 Å². The van der Waals surface area contributed by atoms with E-state index in [4.69, 9.17) is 16.0 Å². The van der Waals surface area contributed by atoms with Gasteiger partial charge in [-0.1, -0.05) is 24.3 Å². The van der Waals surface area contributed by atoms with Gasteiger partial charge in [0.1, 0.15) is 0 Å². The number of benzene rings is 2. The molecule has 0 N–H and O–H groups in total. The number of nitrogens with zero attached hydrogens (tertiary/aromatic N) is 1. The molecule has 0 aliphatic rings. The molecular weight excluding hydrogens is 238 g/mol. The monoisotopic (exact) mass is 245 g/mol. The number of hydrogen-bond acceptors (Lipinski definition) is 3.